The largest absolute Gasteiger partial charge is 0.353 e. The minimum atomic E-state index is 0.352. The van der Waals surface area contributed by atoms with Crippen LogP contribution in [-0.2, 0) is 4.79 Å². The van der Waals surface area contributed by atoms with Gasteiger partial charge in [0.05, 0.1) is 0 Å². The molecule has 0 aromatic heterocycles. The maximum atomic E-state index is 12.2. The summed E-state index contributed by atoms with van der Waals surface area (Å²) >= 11 is 0. The highest BCUT2D eigenvalue weighted by atomic mass is 16.1. The van der Waals surface area contributed by atoms with Gasteiger partial charge in [0.2, 0.25) is 5.91 Å². The standard InChI is InChI=1S/C15H25NO/c1-10(11-5-3-2-4-6-11)16-15(17)14-8-12-7-13(12)9-14/h10-14H,2-9H2,1H3,(H,16,17)/t10-,12?,13?,14?/m1/s1. The number of fused-ring (bicyclic) bond motifs is 1. The van der Waals surface area contributed by atoms with E-state index in [2.05, 4.69) is 12.2 Å². The van der Waals surface area contributed by atoms with Gasteiger partial charge in [-0.05, 0) is 56.8 Å². The molecule has 0 aromatic rings. The molecule has 3 aliphatic carbocycles. The fourth-order valence-corrected chi connectivity index (χ4v) is 4.02. The minimum absolute atomic E-state index is 0.352. The first-order chi connectivity index (χ1) is 8.24. The molecule has 3 aliphatic rings. The predicted molar refractivity (Wildman–Crippen MR) is 68.5 cm³/mol. The third-order valence-corrected chi connectivity index (χ3v) is 5.34. The van der Waals surface area contributed by atoms with Gasteiger partial charge < -0.3 is 5.32 Å². The normalized spacial score (nSPS) is 38.5. The third-order valence-electron chi connectivity index (χ3n) is 5.34. The molecule has 0 heterocycles. The molecule has 2 heteroatoms. The van der Waals surface area contributed by atoms with Gasteiger partial charge in [-0.15, -0.1) is 0 Å². The molecule has 3 rings (SSSR count). The molecule has 0 saturated heterocycles. The van der Waals surface area contributed by atoms with Crippen LogP contribution in [0.4, 0.5) is 0 Å². The van der Waals surface area contributed by atoms with Gasteiger partial charge in [0.1, 0.15) is 0 Å². The maximum absolute atomic E-state index is 12.2. The lowest BCUT2D eigenvalue weighted by Crippen LogP contribution is -2.41. The van der Waals surface area contributed by atoms with Crippen LogP contribution in [0.15, 0.2) is 0 Å². The van der Waals surface area contributed by atoms with Crippen LogP contribution < -0.4 is 5.32 Å². The summed E-state index contributed by atoms with van der Waals surface area (Å²) in [5, 5.41) is 3.29. The Morgan fingerprint density at radius 1 is 1.06 bits per heavy atom. The SMILES string of the molecule is C[C@@H](NC(=O)C1CC2CC2C1)C1CCCCC1. The average Bonchev–Trinajstić information content (AvgIpc) is 2.97. The number of nitrogens with one attached hydrogen (secondary N) is 1. The summed E-state index contributed by atoms with van der Waals surface area (Å²) in [7, 11) is 0. The van der Waals surface area contributed by atoms with E-state index in [0.29, 0.717) is 17.9 Å². The van der Waals surface area contributed by atoms with Crippen molar-refractivity contribution < 1.29 is 4.79 Å². The van der Waals surface area contributed by atoms with Gasteiger partial charge in [-0.2, -0.15) is 0 Å². The Morgan fingerprint density at radius 3 is 2.35 bits per heavy atom. The van der Waals surface area contributed by atoms with Crippen molar-refractivity contribution in [3.8, 4) is 0 Å². The summed E-state index contributed by atoms with van der Waals surface area (Å²) in [5.41, 5.74) is 0. The highest BCUT2D eigenvalue weighted by Gasteiger charge is 2.48. The molecule has 3 atom stereocenters. The summed E-state index contributed by atoms with van der Waals surface area (Å²) in [6, 6.07) is 0.403. The van der Waals surface area contributed by atoms with Gasteiger partial charge in [-0.3, -0.25) is 4.79 Å². The van der Waals surface area contributed by atoms with E-state index < -0.39 is 0 Å². The van der Waals surface area contributed by atoms with E-state index in [1.54, 1.807) is 0 Å². The molecule has 3 saturated carbocycles. The summed E-state index contributed by atoms with van der Waals surface area (Å²) in [6.07, 6.45) is 10.5. The number of hydrogen-bond acceptors (Lipinski definition) is 1. The Morgan fingerprint density at radius 2 is 1.71 bits per heavy atom. The van der Waals surface area contributed by atoms with Crippen LogP contribution in [0.25, 0.3) is 0 Å². The third kappa shape index (κ3) is 2.51. The highest BCUT2D eigenvalue weighted by Crippen LogP contribution is 2.54. The molecule has 0 bridgehead atoms. The van der Waals surface area contributed by atoms with Crippen LogP contribution in [-0.4, -0.2) is 11.9 Å². The molecule has 3 fully saturated rings. The van der Waals surface area contributed by atoms with Gasteiger partial charge >= 0.3 is 0 Å². The van der Waals surface area contributed by atoms with Crippen molar-refractivity contribution in [1.82, 2.24) is 5.32 Å². The molecule has 1 amide bonds. The molecule has 2 unspecified atom stereocenters. The molecule has 96 valence electrons. The zero-order chi connectivity index (χ0) is 11.8. The van der Waals surface area contributed by atoms with E-state index in [-0.39, 0.29) is 0 Å². The summed E-state index contributed by atoms with van der Waals surface area (Å²) in [6.45, 7) is 2.21. The predicted octanol–water partition coefficient (Wildman–Crippen LogP) is 3.12. The second kappa shape index (κ2) is 4.62. The van der Waals surface area contributed by atoms with Crippen LogP contribution in [0.1, 0.15) is 58.3 Å². The van der Waals surface area contributed by atoms with Crippen molar-refractivity contribution in [2.45, 2.75) is 64.3 Å². The van der Waals surface area contributed by atoms with E-state index in [0.717, 1.165) is 17.8 Å². The van der Waals surface area contributed by atoms with Gasteiger partial charge in [0.25, 0.3) is 0 Å². The second-order valence-corrected chi connectivity index (χ2v) is 6.62. The van der Waals surface area contributed by atoms with Gasteiger partial charge in [0, 0.05) is 12.0 Å². The summed E-state index contributed by atoms with van der Waals surface area (Å²) in [5.74, 6) is 3.27. The maximum Gasteiger partial charge on any atom is 0.223 e. The lowest BCUT2D eigenvalue weighted by atomic mass is 9.84. The zero-order valence-electron chi connectivity index (χ0n) is 11.0. The number of rotatable bonds is 3. The van der Waals surface area contributed by atoms with Crippen LogP contribution in [0.2, 0.25) is 0 Å². The van der Waals surface area contributed by atoms with E-state index in [4.69, 9.17) is 0 Å². The van der Waals surface area contributed by atoms with Crippen LogP contribution in [0, 0.1) is 23.7 Å². The quantitative estimate of drug-likeness (QED) is 0.800. The Hall–Kier alpha value is -0.530. The number of hydrogen-bond donors (Lipinski definition) is 1. The number of carbonyl (C=O) groups excluding carboxylic acids is 1. The van der Waals surface area contributed by atoms with Crippen molar-refractivity contribution in [3.63, 3.8) is 0 Å². The average molecular weight is 235 g/mol. The Bertz CT molecular complexity index is 285. The summed E-state index contributed by atoms with van der Waals surface area (Å²) in [4.78, 5) is 12.2. The van der Waals surface area contributed by atoms with Crippen molar-refractivity contribution >= 4 is 5.91 Å². The van der Waals surface area contributed by atoms with Gasteiger partial charge in [0.15, 0.2) is 0 Å². The molecule has 0 radical (unpaired) electrons. The molecule has 0 aliphatic heterocycles. The molecule has 0 spiro atoms. The fourth-order valence-electron chi connectivity index (χ4n) is 4.02. The van der Waals surface area contributed by atoms with Crippen LogP contribution in [0.5, 0.6) is 0 Å². The van der Waals surface area contributed by atoms with E-state index >= 15 is 0 Å². The second-order valence-electron chi connectivity index (χ2n) is 6.62. The van der Waals surface area contributed by atoms with E-state index in [9.17, 15) is 4.79 Å². The van der Waals surface area contributed by atoms with E-state index in [1.807, 2.05) is 0 Å². The molecule has 1 N–H and O–H groups in total. The number of carbonyl (C=O) groups is 1. The molecule has 2 nitrogen and oxygen atoms in total. The first-order valence-electron chi connectivity index (χ1n) is 7.54. The molecule has 17 heavy (non-hydrogen) atoms. The topological polar surface area (TPSA) is 29.1 Å². The smallest absolute Gasteiger partial charge is 0.223 e. The zero-order valence-corrected chi connectivity index (χ0v) is 11.0. The van der Waals surface area contributed by atoms with Crippen LogP contribution in [0.3, 0.4) is 0 Å². The van der Waals surface area contributed by atoms with Crippen molar-refractivity contribution in [3.05, 3.63) is 0 Å². The molecular formula is C15H25NO. The molecule has 0 aromatic carbocycles. The number of amides is 1. The first kappa shape index (κ1) is 11.6. The monoisotopic (exact) mass is 235 g/mol. The van der Waals surface area contributed by atoms with Crippen molar-refractivity contribution in [1.29, 1.82) is 0 Å². The van der Waals surface area contributed by atoms with Crippen molar-refractivity contribution in [2.24, 2.45) is 23.7 Å². The summed E-state index contributed by atoms with van der Waals surface area (Å²) < 4.78 is 0. The minimum Gasteiger partial charge on any atom is -0.353 e. The lowest BCUT2D eigenvalue weighted by molar-refractivity contribution is -0.126. The molecular weight excluding hydrogens is 210 g/mol. The van der Waals surface area contributed by atoms with Crippen molar-refractivity contribution in [2.75, 3.05) is 0 Å². The fraction of sp³-hybridized carbons (Fsp3) is 0.933. The van der Waals surface area contributed by atoms with Crippen LogP contribution >= 0.6 is 0 Å². The van der Waals surface area contributed by atoms with Gasteiger partial charge in [-0.25, -0.2) is 0 Å². The van der Waals surface area contributed by atoms with Gasteiger partial charge in [-0.1, -0.05) is 19.3 Å². The Labute approximate surface area is 105 Å². The Balaban J connectivity index is 1.46. The Kier molecular flexibility index (Phi) is 3.14. The first-order valence-corrected chi connectivity index (χ1v) is 7.54. The van der Waals surface area contributed by atoms with E-state index in [1.165, 1.54) is 51.4 Å². The lowest BCUT2D eigenvalue weighted by Gasteiger charge is -2.29. The highest BCUT2D eigenvalue weighted by molar-refractivity contribution is 5.79.